The summed E-state index contributed by atoms with van der Waals surface area (Å²) in [5, 5.41) is -0.422. The molecule has 0 aromatic carbocycles. The van der Waals surface area contributed by atoms with Gasteiger partial charge in [-0.25, -0.2) is 0 Å². The number of Topliss-reactive ketones (excluding diaryl/α,β-unsaturated/α-hetero) is 3. The summed E-state index contributed by atoms with van der Waals surface area (Å²) in [6.07, 6.45) is 5.78. The van der Waals surface area contributed by atoms with E-state index in [1.165, 1.54) is 0 Å². The highest BCUT2D eigenvalue weighted by Crippen LogP contribution is 2.66. The van der Waals surface area contributed by atoms with Crippen molar-refractivity contribution in [2.75, 3.05) is 0 Å². The van der Waals surface area contributed by atoms with Crippen molar-refractivity contribution in [3.63, 3.8) is 0 Å². The maximum absolute atomic E-state index is 13.4. The lowest BCUT2D eigenvalue weighted by Crippen LogP contribution is -2.59. The molecule has 0 saturated heterocycles. The molecular weight excluding hydrogens is 336 g/mol. The van der Waals surface area contributed by atoms with Crippen LogP contribution in [-0.4, -0.2) is 22.7 Å². The molecule has 0 heterocycles. The Labute approximate surface area is 155 Å². The van der Waals surface area contributed by atoms with E-state index in [9.17, 15) is 14.4 Å². The molecule has 4 rings (SSSR count). The molecule has 0 spiro atoms. The zero-order valence-corrected chi connectivity index (χ0v) is 16.3. The van der Waals surface area contributed by atoms with Crippen molar-refractivity contribution in [1.82, 2.24) is 0 Å². The minimum atomic E-state index is -0.422. The third-order valence-electron chi connectivity index (χ3n) is 8.69. The number of halogens is 1. The van der Waals surface area contributed by atoms with Crippen molar-refractivity contribution in [1.29, 1.82) is 0 Å². The summed E-state index contributed by atoms with van der Waals surface area (Å²) < 4.78 is 0. The summed E-state index contributed by atoms with van der Waals surface area (Å²) in [4.78, 5) is 37.7. The average Bonchev–Trinajstić information content (AvgIpc) is 2.88. The Morgan fingerprint density at radius 3 is 2.36 bits per heavy atom. The fraction of sp³-hybridized carbons (Fsp3) is 0.857. The second-order valence-electron chi connectivity index (χ2n) is 9.70. The molecule has 4 aliphatic rings. The van der Waals surface area contributed by atoms with Crippen molar-refractivity contribution in [2.24, 2.45) is 40.4 Å². The summed E-state index contributed by atoms with van der Waals surface area (Å²) >= 11 is 6.51. The molecule has 3 nitrogen and oxygen atoms in total. The Hall–Kier alpha value is -0.700. The summed E-state index contributed by atoms with van der Waals surface area (Å²) in [5.74, 6) is 1.79. The van der Waals surface area contributed by atoms with Crippen LogP contribution < -0.4 is 0 Å². The normalized spacial score (nSPS) is 52.3. The van der Waals surface area contributed by atoms with Crippen LogP contribution in [0.2, 0.25) is 0 Å². The van der Waals surface area contributed by atoms with Crippen LogP contribution in [0, 0.1) is 40.4 Å². The van der Waals surface area contributed by atoms with Gasteiger partial charge in [-0.15, -0.1) is 11.6 Å². The highest BCUT2D eigenvalue weighted by molar-refractivity contribution is 6.31. The quantitative estimate of drug-likeness (QED) is 0.655. The zero-order valence-electron chi connectivity index (χ0n) is 15.5. The molecule has 0 aromatic heterocycles. The van der Waals surface area contributed by atoms with E-state index in [1.807, 2.05) is 0 Å². The Kier molecular flexibility index (Phi) is 4.00. The fourth-order valence-electron chi connectivity index (χ4n) is 7.58. The third-order valence-corrected chi connectivity index (χ3v) is 9.23. The maximum atomic E-state index is 13.4. The smallest absolute Gasteiger partial charge is 0.151 e. The van der Waals surface area contributed by atoms with Gasteiger partial charge < -0.3 is 0 Å². The minimum absolute atomic E-state index is 0.0318. The molecule has 0 aromatic rings. The SMILES string of the molecule is CC(=O)[C@H]1CC[C@H]2[C@@H]3CCC4C(Cl)C(=O)CC[C@]4(C)[C@H]3C(=O)C[C@]12C. The van der Waals surface area contributed by atoms with Gasteiger partial charge in [-0.05, 0) is 67.6 Å². The highest BCUT2D eigenvalue weighted by Gasteiger charge is 2.64. The van der Waals surface area contributed by atoms with Gasteiger partial charge >= 0.3 is 0 Å². The Bertz CT molecular complexity index is 643. The number of hydrogen-bond acceptors (Lipinski definition) is 3. The second kappa shape index (κ2) is 5.65. The Balaban J connectivity index is 1.71. The molecule has 8 atom stereocenters. The van der Waals surface area contributed by atoms with Gasteiger partial charge in [0.2, 0.25) is 0 Å². The van der Waals surface area contributed by atoms with Crippen molar-refractivity contribution >= 4 is 29.0 Å². The van der Waals surface area contributed by atoms with Gasteiger partial charge in [-0.3, -0.25) is 14.4 Å². The van der Waals surface area contributed by atoms with E-state index in [1.54, 1.807) is 6.92 Å². The number of rotatable bonds is 1. The number of alkyl halides is 1. The molecule has 2 unspecified atom stereocenters. The Morgan fingerprint density at radius 1 is 1.00 bits per heavy atom. The van der Waals surface area contributed by atoms with Crippen molar-refractivity contribution in [3.05, 3.63) is 0 Å². The van der Waals surface area contributed by atoms with Crippen LogP contribution in [0.3, 0.4) is 0 Å². The van der Waals surface area contributed by atoms with E-state index in [2.05, 4.69) is 13.8 Å². The van der Waals surface area contributed by atoms with Gasteiger partial charge in [-0.2, -0.15) is 0 Å². The maximum Gasteiger partial charge on any atom is 0.151 e. The largest absolute Gasteiger partial charge is 0.300 e. The molecule has 0 bridgehead atoms. The van der Waals surface area contributed by atoms with Crippen LogP contribution in [0.4, 0.5) is 0 Å². The van der Waals surface area contributed by atoms with Crippen molar-refractivity contribution < 1.29 is 14.4 Å². The van der Waals surface area contributed by atoms with Gasteiger partial charge in [0.15, 0.2) is 5.78 Å². The number of carbonyl (C=O) groups excluding carboxylic acids is 3. The van der Waals surface area contributed by atoms with Gasteiger partial charge in [0.1, 0.15) is 11.6 Å². The second-order valence-corrected chi connectivity index (χ2v) is 10.2. The minimum Gasteiger partial charge on any atom is -0.300 e. The van der Waals surface area contributed by atoms with Crippen molar-refractivity contribution in [2.45, 2.75) is 71.1 Å². The van der Waals surface area contributed by atoms with Crippen LogP contribution in [0.5, 0.6) is 0 Å². The third kappa shape index (κ3) is 2.27. The molecule has 0 aliphatic heterocycles. The van der Waals surface area contributed by atoms with Crippen molar-refractivity contribution in [3.8, 4) is 0 Å². The van der Waals surface area contributed by atoms with E-state index in [4.69, 9.17) is 11.6 Å². The number of ketones is 3. The van der Waals surface area contributed by atoms with Gasteiger partial charge in [0.05, 0.1) is 5.38 Å². The van der Waals surface area contributed by atoms with Crippen LogP contribution in [0.1, 0.15) is 65.7 Å². The molecule has 4 heteroatoms. The number of carbonyl (C=O) groups is 3. The standard InChI is InChI=1S/C21H29ClO3/c1-11(23)13-6-7-14-12-4-5-15-19(22)16(24)8-9-20(15,2)18(12)17(25)10-21(13,14)3/h12-15,18-19H,4-10H2,1-3H3/t12-,13+,14-,15?,18+,19?,20-,21+/m0/s1. The van der Waals surface area contributed by atoms with Gasteiger partial charge in [-0.1, -0.05) is 13.8 Å². The lowest BCUT2D eigenvalue weighted by atomic mass is 9.44. The summed E-state index contributed by atoms with van der Waals surface area (Å²) in [6, 6.07) is 0. The Morgan fingerprint density at radius 2 is 1.68 bits per heavy atom. The number of fused-ring (bicyclic) bond motifs is 5. The molecule has 4 aliphatic carbocycles. The van der Waals surface area contributed by atoms with E-state index in [-0.39, 0.29) is 40.2 Å². The van der Waals surface area contributed by atoms with E-state index in [0.29, 0.717) is 30.5 Å². The fourth-order valence-corrected chi connectivity index (χ4v) is 8.10. The molecule has 4 saturated carbocycles. The lowest BCUT2D eigenvalue weighted by Gasteiger charge is -2.59. The summed E-state index contributed by atoms with van der Waals surface area (Å²) in [6.45, 7) is 6.10. The zero-order chi connectivity index (χ0) is 18.1. The molecule has 0 radical (unpaired) electrons. The van der Waals surface area contributed by atoms with E-state index in [0.717, 1.165) is 32.1 Å². The average molecular weight is 365 g/mol. The predicted molar refractivity (Wildman–Crippen MR) is 96.3 cm³/mol. The molecule has 4 fully saturated rings. The van der Waals surface area contributed by atoms with Crippen LogP contribution in [-0.2, 0) is 14.4 Å². The number of hydrogen-bond donors (Lipinski definition) is 0. The molecular formula is C21H29ClO3. The first-order valence-electron chi connectivity index (χ1n) is 9.90. The monoisotopic (exact) mass is 364 g/mol. The lowest BCUT2D eigenvalue weighted by molar-refractivity contribution is -0.161. The van der Waals surface area contributed by atoms with Crippen LogP contribution in [0.25, 0.3) is 0 Å². The molecule has 25 heavy (non-hydrogen) atoms. The van der Waals surface area contributed by atoms with E-state index < -0.39 is 5.38 Å². The van der Waals surface area contributed by atoms with Crippen LogP contribution >= 0.6 is 11.6 Å². The molecule has 138 valence electrons. The molecule has 0 N–H and O–H groups in total. The first-order valence-corrected chi connectivity index (χ1v) is 10.3. The van der Waals surface area contributed by atoms with E-state index >= 15 is 0 Å². The van der Waals surface area contributed by atoms with Gasteiger partial charge in [0, 0.05) is 24.7 Å². The van der Waals surface area contributed by atoms with Gasteiger partial charge in [0.25, 0.3) is 0 Å². The summed E-state index contributed by atoms with van der Waals surface area (Å²) in [7, 11) is 0. The first kappa shape index (κ1) is 17.7. The first-order chi connectivity index (χ1) is 11.7. The van der Waals surface area contributed by atoms with Crippen LogP contribution in [0.15, 0.2) is 0 Å². The molecule has 0 amide bonds. The predicted octanol–water partition coefficient (Wildman–Crippen LogP) is 4.20. The summed E-state index contributed by atoms with van der Waals surface area (Å²) in [5.41, 5.74) is -0.298. The highest BCUT2D eigenvalue weighted by atomic mass is 35.5. The topological polar surface area (TPSA) is 51.2 Å².